The molecule has 0 aliphatic carbocycles. The Kier molecular flexibility index (Phi) is 4.70. The Bertz CT molecular complexity index is 727. The third-order valence-electron chi connectivity index (χ3n) is 2.47. The molecule has 20 heavy (non-hydrogen) atoms. The van der Waals surface area contributed by atoms with Crippen molar-refractivity contribution in [2.45, 2.75) is 6.92 Å². The fourth-order valence-electron chi connectivity index (χ4n) is 1.57. The van der Waals surface area contributed by atoms with Gasteiger partial charge in [0.15, 0.2) is 5.11 Å². The zero-order valence-corrected chi connectivity index (χ0v) is 12.2. The standard InChI is InChI=1S/C13H12ClN3O2S/c1-2-15-13(20)17-16-6-8-7-19-11-4-3-9(14)5-10(11)12(8)18/h3-7H,2H2,1H3,(H2,15,17,20)/b16-6+. The number of rotatable bonds is 3. The summed E-state index contributed by atoms with van der Waals surface area (Å²) in [6.45, 7) is 2.61. The Morgan fingerprint density at radius 2 is 2.35 bits per heavy atom. The molecule has 0 fully saturated rings. The molecule has 1 heterocycles. The van der Waals surface area contributed by atoms with Crippen LogP contribution in [-0.2, 0) is 0 Å². The molecule has 0 aliphatic rings. The molecule has 5 nitrogen and oxygen atoms in total. The fraction of sp³-hybridized carbons (Fsp3) is 0.154. The van der Waals surface area contributed by atoms with Gasteiger partial charge in [-0.3, -0.25) is 10.2 Å². The maximum atomic E-state index is 12.2. The van der Waals surface area contributed by atoms with Crippen LogP contribution in [0.4, 0.5) is 0 Å². The molecule has 1 aromatic heterocycles. The van der Waals surface area contributed by atoms with Gasteiger partial charge in [-0.05, 0) is 37.3 Å². The van der Waals surface area contributed by atoms with Gasteiger partial charge >= 0.3 is 0 Å². The van der Waals surface area contributed by atoms with Gasteiger partial charge in [0.05, 0.1) is 17.2 Å². The second-order valence-electron chi connectivity index (χ2n) is 3.89. The smallest absolute Gasteiger partial charge is 0.201 e. The second-order valence-corrected chi connectivity index (χ2v) is 4.73. The molecule has 104 valence electrons. The molecular weight excluding hydrogens is 298 g/mol. The molecule has 0 saturated heterocycles. The molecule has 1 aromatic carbocycles. The number of nitrogens with one attached hydrogen (secondary N) is 2. The van der Waals surface area contributed by atoms with E-state index >= 15 is 0 Å². The van der Waals surface area contributed by atoms with E-state index in [4.69, 9.17) is 28.2 Å². The van der Waals surface area contributed by atoms with Crippen LogP contribution in [0, 0.1) is 0 Å². The quantitative estimate of drug-likeness (QED) is 0.517. The second kappa shape index (κ2) is 6.49. The van der Waals surface area contributed by atoms with Crippen molar-refractivity contribution in [2.24, 2.45) is 5.10 Å². The highest BCUT2D eigenvalue weighted by Crippen LogP contribution is 2.16. The van der Waals surface area contributed by atoms with Crippen LogP contribution in [0.5, 0.6) is 0 Å². The van der Waals surface area contributed by atoms with Crippen LogP contribution >= 0.6 is 23.8 Å². The van der Waals surface area contributed by atoms with Gasteiger partial charge in [-0.1, -0.05) is 11.6 Å². The first-order valence-corrected chi connectivity index (χ1v) is 6.68. The van der Waals surface area contributed by atoms with Gasteiger partial charge in [0.1, 0.15) is 11.8 Å². The summed E-state index contributed by atoms with van der Waals surface area (Å²) in [5.41, 5.74) is 3.19. The summed E-state index contributed by atoms with van der Waals surface area (Å²) in [5.74, 6) is 0. The number of nitrogens with zero attached hydrogens (tertiary/aromatic N) is 1. The van der Waals surface area contributed by atoms with E-state index in [1.54, 1.807) is 18.2 Å². The van der Waals surface area contributed by atoms with E-state index in [-0.39, 0.29) is 5.43 Å². The molecule has 0 atom stereocenters. The Hall–Kier alpha value is -1.92. The van der Waals surface area contributed by atoms with E-state index in [1.165, 1.54) is 12.5 Å². The topological polar surface area (TPSA) is 66.6 Å². The van der Waals surface area contributed by atoms with Crippen LogP contribution in [0.3, 0.4) is 0 Å². The van der Waals surface area contributed by atoms with Crippen molar-refractivity contribution >= 4 is 46.1 Å². The molecule has 2 aromatic rings. The first kappa shape index (κ1) is 14.5. The van der Waals surface area contributed by atoms with E-state index < -0.39 is 0 Å². The van der Waals surface area contributed by atoms with Crippen molar-refractivity contribution in [1.29, 1.82) is 0 Å². The summed E-state index contributed by atoms with van der Waals surface area (Å²) in [4.78, 5) is 12.2. The number of benzene rings is 1. The first-order valence-electron chi connectivity index (χ1n) is 5.89. The van der Waals surface area contributed by atoms with Crippen molar-refractivity contribution in [1.82, 2.24) is 10.7 Å². The lowest BCUT2D eigenvalue weighted by molar-refractivity contribution is 0.601. The van der Waals surface area contributed by atoms with Crippen LogP contribution in [0.2, 0.25) is 5.02 Å². The summed E-state index contributed by atoms with van der Waals surface area (Å²) in [6, 6.07) is 4.88. The molecule has 0 radical (unpaired) electrons. The predicted octanol–water partition coefficient (Wildman–Crippen LogP) is 2.26. The van der Waals surface area contributed by atoms with Crippen molar-refractivity contribution in [3.8, 4) is 0 Å². The summed E-state index contributed by atoms with van der Waals surface area (Å²) < 4.78 is 5.36. The number of hydrogen-bond acceptors (Lipinski definition) is 4. The Balaban J connectivity index is 2.27. The average molecular weight is 310 g/mol. The predicted molar refractivity (Wildman–Crippen MR) is 84.5 cm³/mol. The van der Waals surface area contributed by atoms with Crippen molar-refractivity contribution < 1.29 is 4.42 Å². The van der Waals surface area contributed by atoms with Crippen LogP contribution in [-0.4, -0.2) is 17.9 Å². The molecule has 0 saturated carbocycles. The van der Waals surface area contributed by atoms with Crippen LogP contribution in [0.15, 0.2) is 38.8 Å². The Morgan fingerprint density at radius 3 is 3.10 bits per heavy atom. The number of thiocarbonyl (C=S) groups is 1. The van der Waals surface area contributed by atoms with Crippen molar-refractivity contribution in [2.75, 3.05) is 6.54 Å². The molecule has 7 heteroatoms. The minimum Gasteiger partial charge on any atom is -0.463 e. The largest absolute Gasteiger partial charge is 0.463 e. The fourth-order valence-corrected chi connectivity index (χ4v) is 1.94. The van der Waals surface area contributed by atoms with Gasteiger partial charge < -0.3 is 9.73 Å². The van der Waals surface area contributed by atoms with E-state index in [2.05, 4.69) is 15.8 Å². The highest BCUT2D eigenvalue weighted by Gasteiger charge is 2.05. The van der Waals surface area contributed by atoms with Gasteiger partial charge in [-0.15, -0.1) is 0 Å². The van der Waals surface area contributed by atoms with E-state index in [0.717, 1.165) is 0 Å². The molecule has 2 rings (SSSR count). The normalized spacial score (nSPS) is 10.9. The monoisotopic (exact) mass is 309 g/mol. The first-order chi connectivity index (χ1) is 9.61. The number of hydrazone groups is 1. The molecule has 0 amide bonds. The summed E-state index contributed by atoms with van der Waals surface area (Å²) in [7, 11) is 0. The van der Waals surface area contributed by atoms with E-state index in [1.807, 2.05) is 6.92 Å². The molecule has 2 N–H and O–H groups in total. The Labute approximate surface area is 125 Å². The average Bonchev–Trinajstić information content (AvgIpc) is 2.42. The highest BCUT2D eigenvalue weighted by molar-refractivity contribution is 7.80. The van der Waals surface area contributed by atoms with Gasteiger partial charge in [-0.25, -0.2) is 0 Å². The van der Waals surface area contributed by atoms with Gasteiger partial charge in [0.2, 0.25) is 5.43 Å². The zero-order chi connectivity index (χ0) is 14.5. The molecule has 0 spiro atoms. The lowest BCUT2D eigenvalue weighted by Gasteiger charge is -2.02. The number of hydrogen-bond donors (Lipinski definition) is 2. The number of halogens is 1. The molecule has 0 aliphatic heterocycles. The van der Waals surface area contributed by atoms with E-state index in [0.29, 0.717) is 33.2 Å². The third-order valence-corrected chi connectivity index (χ3v) is 2.94. The van der Waals surface area contributed by atoms with Crippen LogP contribution < -0.4 is 16.2 Å². The van der Waals surface area contributed by atoms with E-state index in [9.17, 15) is 4.79 Å². The third kappa shape index (κ3) is 3.34. The Morgan fingerprint density at radius 1 is 1.55 bits per heavy atom. The summed E-state index contributed by atoms with van der Waals surface area (Å²) in [6.07, 6.45) is 2.70. The number of fused-ring (bicyclic) bond motifs is 1. The molecule has 0 unspecified atom stereocenters. The minimum atomic E-state index is -0.200. The summed E-state index contributed by atoms with van der Waals surface area (Å²) in [5, 5.41) is 8.03. The van der Waals surface area contributed by atoms with Gasteiger partial charge in [-0.2, -0.15) is 5.10 Å². The minimum absolute atomic E-state index is 0.200. The van der Waals surface area contributed by atoms with Crippen molar-refractivity contribution in [3.63, 3.8) is 0 Å². The van der Waals surface area contributed by atoms with Crippen LogP contribution in [0.25, 0.3) is 11.0 Å². The lowest BCUT2D eigenvalue weighted by Crippen LogP contribution is -2.31. The van der Waals surface area contributed by atoms with Gasteiger partial charge in [0.25, 0.3) is 0 Å². The summed E-state index contributed by atoms with van der Waals surface area (Å²) >= 11 is 10.8. The van der Waals surface area contributed by atoms with Crippen LogP contribution in [0.1, 0.15) is 12.5 Å². The molecular formula is C13H12ClN3O2S. The maximum absolute atomic E-state index is 12.2. The maximum Gasteiger partial charge on any atom is 0.201 e. The molecule has 0 bridgehead atoms. The SMILES string of the molecule is CCNC(=S)N/N=C/c1coc2ccc(Cl)cc2c1=O. The van der Waals surface area contributed by atoms with Gasteiger partial charge in [0, 0.05) is 11.6 Å². The highest BCUT2D eigenvalue weighted by atomic mass is 35.5. The zero-order valence-electron chi connectivity index (χ0n) is 10.6. The van der Waals surface area contributed by atoms with Crippen molar-refractivity contribution in [3.05, 3.63) is 45.3 Å². The lowest BCUT2D eigenvalue weighted by atomic mass is 10.2.